The second-order valence-electron chi connectivity index (χ2n) is 6.48. The second kappa shape index (κ2) is 9.12. The first-order valence-corrected chi connectivity index (χ1v) is 10.1. The van der Waals surface area contributed by atoms with Crippen molar-refractivity contribution in [1.29, 1.82) is 5.26 Å². The SMILES string of the molecule is Cc1ccc(NC(=O)CSC2=C(C#N)[C@@H](c3ccccc3F)CC(=O)N2)cc1Cl. The van der Waals surface area contributed by atoms with Gasteiger partial charge in [-0.25, -0.2) is 4.39 Å². The summed E-state index contributed by atoms with van der Waals surface area (Å²) < 4.78 is 14.2. The third-order valence-corrected chi connectivity index (χ3v) is 5.86. The molecule has 8 heteroatoms. The van der Waals surface area contributed by atoms with Gasteiger partial charge in [-0.15, -0.1) is 0 Å². The summed E-state index contributed by atoms with van der Waals surface area (Å²) in [6.07, 6.45) is -0.0258. The number of carbonyl (C=O) groups is 2. The number of hydrogen-bond donors (Lipinski definition) is 2. The molecule has 29 heavy (non-hydrogen) atoms. The number of nitrogens with one attached hydrogen (secondary N) is 2. The van der Waals surface area contributed by atoms with Gasteiger partial charge in [0, 0.05) is 23.0 Å². The molecule has 0 saturated heterocycles. The van der Waals surface area contributed by atoms with Crippen LogP contribution >= 0.6 is 23.4 Å². The molecule has 0 spiro atoms. The van der Waals surface area contributed by atoms with Crippen molar-refractivity contribution in [2.45, 2.75) is 19.3 Å². The Kier molecular flexibility index (Phi) is 6.57. The van der Waals surface area contributed by atoms with Crippen molar-refractivity contribution in [3.8, 4) is 6.07 Å². The molecule has 1 aliphatic heterocycles. The molecule has 3 rings (SSSR count). The first-order valence-electron chi connectivity index (χ1n) is 8.76. The third-order valence-electron chi connectivity index (χ3n) is 4.44. The van der Waals surface area contributed by atoms with Crippen molar-refractivity contribution >= 4 is 40.9 Å². The molecule has 0 aliphatic carbocycles. The summed E-state index contributed by atoms with van der Waals surface area (Å²) in [5.74, 6) is -1.84. The van der Waals surface area contributed by atoms with Crippen molar-refractivity contribution < 1.29 is 14.0 Å². The minimum Gasteiger partial charge on any atom is -0.325 e. The van der Waals surface area contributed by atoms with Crippen molar-refractivity contribution in [2.24, 2.45) is 0 Å². The van der Waals surface area contributed by atoms with E-state index in [0.29, 0.717) is 10.7 Å². The van der Waals surface area contributed by atoms with Crippen LogP contribution < -0.4 is 10.6 Å². The molecule has 2 N–H and O–H groups in total. The van der Waals surface area contributed by atoms with E-state index < -0.39 is 11.7 Å². The normalized spacial score (nSPS) is 16.2. The molecule has 1 aliphatic rings. The molecule has 148 valence electrons. The van der Waals surface area contributed by atoms with Gasteiger partial charge in [0.25, 0.3) is 0 Å². The predicted molar refractivity (Wildman–Crippen MR) is 112 cm³/mol. The van der Waals surface area contributed by atoms with Crippen LogP contribution in [0.1, 0.15) is 23.5 Å². The average Bonchev–Trinajstić information content (AvgIpc) is 2.69. The van der Waals surface area contributed by atoms with Gasteiger partial charge in [0.2, 0.25) is 11.8 Å². The molecule has 0 fully saturated rings. The number of amides is 2. The zero-order valence-electron chi connectivity index (χ0n) is 15.5. The van der Waals surface area contributed by atoms with Crippen LogP contribution in [-0.4, -0.2) is 17.6 Å². The van der Waals surface area contributed by atoms with Gasteiger partial charge in [-0.05, 0) is 36.2 Å². The lowest BCUT2D eigenvalue weighted by Gasteiger charge is -2.25. The Hall–Kier alpha value is -2.82. The number of anilines is 1. The lowest BCUT2D eigenvalue weighted by atomic mass is 9.87. The summed E-state index contributed by atoms with van der Waals surface area (Å²) >= 11 is 7.09. The first kappa shape index (κ1) is 20.9. The summed E-state index contributed by atoms with van der Waals surface area (Å²) in [6.45, 7) is 1.86. The summed E-state index contributed by atoms with van der Waals surface area (Å²) in [5.41, 5.74) is 1.98. The minimum absolute atomic E-state index is 0.0258. The fourth-order valence-electron chi connectivity index (χ4n) is 2.96. The molecule has 0 unspecified atom stereocenters. The van der Waals surface area contributed by atoms with E-state index in [1.54, 1.807) is 36.4 Å². The second-order valence-corrected chi connectivity index (χ2v) is 7.87. The van der Waals surface area contributed by atoms with E-state index in [4.69, 9.17) is 11.6 Å². The maximum absolute atomic E-state index is 14.2. The number of benzene rings is 2. The van der Waals surface area contributed by atoms with Crippen molar-refractivity contribution in [2.75, 3.05) is 11.1 Å². The lowest BCUT2D eigenvalue weighted by molar-refractivity contribution is -0.121. The highest BCUT2D eigenvalue weighted by molar-refractivity contribution is 8.03. The smallest absolute Gasteiger partial charge is 0.234 e. The van der Waals surface area contributed by atoms with Crippen LogP contribution in [0.25, 0.3) is 0 Å². The molecular weight excluding hydrogens is 413 g/mol. The van der Waals surface area contributed by atoms with Gasteiger partial charge < -0.3 is 10.6 Å². The van der Waals surface area contributed by atoms with E-state index in [-0.39, 0.29) is 40.2 Å². The number of aryl methyl sites for hydroxylation is 1. The van der Waals surface area contributed by atoms with Crippen LogP contribution in [0.3, 0.4) is 0 Å². The number of rotatable bonds is 5. The Morgan fingerprint density at radius 2 is 2.14 bits per heavy atom. The Labute approximate surface area is 176 Å². The fraction of sp³-hybridized carbons (Fsp3) is 0.190. The quantitative estimate of drug-likeness (QED) is 0.733. The van der Waals surface area contributed by atoms with Gasteiger partial charge in [0.1, 0.15) is 5.82 Å². The first-order chi connectivity index (χ1) is 13.9. The van der Waals surface area contributed by atoms with Crippen LogP contribution in [0, 0.1) is 24.1 Å². The summed E-state index contributed by atoms with van der Waals surface area (Å²) in [7, 11) is 0. The van der Waals surface area contributed by atoms with Gasteiger partial charge in [0.15, 0.2) is 0 Å². The monoisotopic (exact) mass is 429 g/mol. The topological polar surface area (TPSA) is 82.0 Å². The molecule has 2 aromatic carbocycles. The fourth-order valence-corrected chi connectivity index (χ4v) is 4.02. The number of thioether (sulfide) groups is 1. The summed E-state index contributed by atoms with van der Waals surface area (Å²) in [6, 6.07) is 13.3. The Morgan fingerprint density at radius 1 is 1.38 bits per heavy atom. The maximum Gasteiger partial charge on any atom is 0.234 e. The van der Waals surface area contributed by atoms with Crippen molar-refractivity contribution in [1.82, 2.24) is 5.32 Å². The Balaban J connectivity index is 1.76. The number of carbonyl (C=O) groups excluding carboxylic acids is 2. The van der Waals surface area contributed by atoms with E-state index in [9.17, 15) is 19.2 Å². The van der Waals surface area contributed by atoms with Crippen molar-refractivity contribution in [3.05, 3.63) is 75.0 Å². The lowest BCUT2D eigenvalue weighted by Crippen LogP contribution is -2.31. The minimum atomic E-state index is -0.684. The molecule has 0 radical (unpaired) electrons. The van der Waals surface area contributed by atoms with E-state index in [1.807, 2.05) is 6.92 Å². The Bertz CT molecular complexity index is 1050. The van der Waals surface area contributed by atoms with E-state index in [2.05, 4.69) is 16.7 Å². The number of allylic oxidation sites excluding steroid dienone is 1. The van der Waals surface area contributed by atoms with Gasteiger partial charge in [-0.3, -0.25) is 9.59 Å². The summed E-state index contributed by atoms with van der Waals surface area (Å²) in [4.78, 5) is 24.4. The van der Waals surface area contributed by atoms with Crippen LogP contribution in [-0.2, 0) is 9.59 Å². The number of nitrogens with zero attached hydrogens (tertiary/aromatic N) is 1. The molecule has 0 saturated carbocycles. The molecule has 2 amide bonds. The van der Waals surface area contributed by atoms with Gasteiger partial charge in [0.05, 0.1) is 22.4 Å². The highest BCUT2D eigenvalue weighted by atomic mass is 35.5. The largest absolute Gasteiger partial charge is 0.325 e. The number of hydrogen-bond acceptors (Lipinski definition) is 4. The predicted octanol–water partition coefficient (Wildman–Crippen LogP) is 4.50. The highest BCUT2D eigenvalue weighted by Gasteiger charge is 2.31. The zero-order valence-corrected chi connectivity index (χ0v) is 17.0. The van der Waals surface area contributed by atoms with Gasteiger partial charge >= 0.3 is 0 Å². The van der Waals surface area contributed by atoms with Crippen LogP contribution in [0.4, 0.5) is 10.1 Å². The van der Waals surface area contributed by atoms with Crippen molar-refractivity contribution in [3.63, 3.8) is 0 Å². The molecular formula is C21H17ClFN3O2S. The van der Waals surface area contributed by atoms with Crippen LogP contribution in [0.5, 0.6) is 0 Å². The number of nitriles is 1. The van der Waals surface area contributed by atoms with E-state index in [1.165, 1.54) is 6.07 Å². The third kappa shape index (κ3) is 4.97. The zero-order chi connectivity index (χ0) is 21.0. The number of halogens is 2. The van der Waals surface area contributed by atoms with E-state index in [0.717, 1.165) is 17.3 Å². The Morgan fingerprint density at radius 3 is 2.83 bits per heavy atom. The summed E-state index contributed by atoms with van der Waals surface area (Å²) in [5, 5.41) is 15.8. The van der Waals surface area contributed by atoms with Crippen LogP contribution in [0.2, 0.25) is 5.02 Å². The van der Waals surface area contributed by atoms with Gasteiger partial charge in [-0.1, -0.05) is 47.6 Å². The van der Waals surface area contributed by atoms with Crippen LogP contribution in [0.15, 0.2) is 53.1 Å². The maximum atomic E-state index is 14.2. The molecule has 1 heterocycles. The molecule has 1 atom stereocenters. The van der Waals surface area contributed by atoms with E-state index >= 15 is 0 Å². The standard InChI is InChI=1S/C21H17ClFN3O2S/c1-12-6-7-13(8-17(12)22)25-20(28)11-29-21-16(10-24)15(9-19(27)26-21)14-4-2-3-5-18(14)23/h2-8,15H,9,11H2,1H3,(H,25,28)(H,26,27)/t15-/m1/s1. The molecule has 0 aromatic heterocycles. The average molecular weight is 430 g/mol. The highest BCUT2D eigenvalue weighted by Crippen LogP contribution is 2.36. The molecule has 2 aromatic rings. The molecule has 0 bridgehead atoms. The van der Waals surface area contributed by atoms with Gasteiger partial charge in [-0.2, -0.15) is 5.26 Å². The molecule has 5 nitrogen and oxygen atoms in total.